The fourth-order valence-electron chi connectivity index (χ4n) is 6.32. The Hall–Kier alpha value is -5.92. The van der Waals surface area contributed by atoms with Gasteiger partial charge in [0.05, 0.1) is 51.1 Å². The highest BCUT2D eigenvalue weighted by Crippen LogP contribution is 2.48. The lowest BCUT2D eigenvalue weighted by Crippen LogP contribution is -2.40. The number of allylic oxidation sites excluding steroid dienone is 1. The number of rotatable bonds is 14. The number of methoxy groups -OCH3 is 2. The number of hydrogen-bond donors (Lipinski definition) is 4. The molecule has 2 aromatic heterocycles. The molecule has 0 fully saturated rings. The molecule has 5 rings (SSSR count). The Bertz CT molecular complexity index is 1840. The molecule has 0 unspecified atom stereocenters. The van der Waals surface area contributed by atoms with E-state index >= 15 is 0 Å². The largest absolute Gasteiger partial charge is 0.453 e. The van der Waals surface area contributed by atoms with Crippen molar-refractivity contribution in [3.63, 3.8) is 0 Å². The number of amides is 4. The lowest BCUT2D eigenvalue weighted by Gasteiger charge is -2.21. The summed E-state index contributed by atoms with van der Waals surface area (Å²) in [4.78, 5) is 67.8. The molecule has 0 saturated carbocycles. The molecular weight excluding hydrogens is 664 g/mol. The standard InChI is InChI=1S/C38H46N8O6/c1-7-13-45(34(47)19-41-37(49)51-5)21-32-39-17-30(43-32)24-9-11-26-27-12-10-25(16-29(27)36(23(3)4)28(26)15-24)31-18-40-33(44-31)22-46(14-8-2)35(48)20-42-38(50)52-6/h9-12,15-18H,7-8,13-14,19-22H2,1-6H3,(H,39,43)(H,40,44)(H,41,49)(H,42,50). The molecule has 2 aromatic carbocycles. The average Bonchev–Trinajstić information content (AvgIpc) is 3.89. The molecule has 0 aliphatic heterocycles. The average molecular weight is 711 g/mol. The van der Waals surface area contributed by atoms with Gasteiger partial charge >= 0.3 is 12.2 Å². The number of imidazole rings is 2. The predicted molar refractivity (Wildman–Crippen MR) is 197 cm³/mol. The number of nitrogens with one attached hydrogen (secondary N) is 4. The van der Waals surface area contributed by atoms with Gasteiger partial charge < -0.3 is 39.9 Å². The van der Waals surface area contributed by atoms with Crippen LogP contribution < -0.4 is 10.6 Å². The number of carbonyl (C=O) groups is 4. The minimum Gasteiger partial charge on any atom is -0.453 e. The van der Waals surface area contributed by atoms with Crippen molar-refractivity contribution in [3.05, 3.63) is 77.1 Å². The molecule has 0 bridgehead atoms. The maximum Gasteiger partial charge on any atom is 0.407 e. The molecule has 14 heteroatoms. The number of benzene rings is 2. The molecule has 4 aromatic rings. The number of carbonyl (C=O) groups excluding carboxylic acids is 4. The maximum absolute atomic E-state index is 12.8. The van der Waals surface area contributed by atoms with Crippen molar-refractivity contribution in [2.24, 2.45) is 0 Å². The van der Waals surface area contributed by atoms with E-state index in [1.54, 1.807) is 22.2 Å². The number of H-pyrrole nitrogens is 2. The fourth-order valence-corrected chi connectivity index (χ4v) is 6.32. The van der Waals surface area contributed by atoms with E-state index in [9.17, 15) is 19.2 Å². The molecule has 14 nitrogen and oxygen atoms in total. The summed E-state index contributed by atoms with van der Waals surface area (Å²) < 4.78 is 9.16. The lowest BCUT2D eigenvalue weighted by molar-refractivity contribution is -0.131. The molecule has 52 heavy (non-hydrogen) atoms. The number of fused-ring (bicyclic) bond motifs is 3. The normalized spacial score (nSPS) is 11.4. The Morgan fingerprint density at radius 3 is 1.46 bits per heavy atom. The summed E-state index contributed by atoms with van der Waals surface area (Å²) in [6.45, 7) is 9.49. The first-order valence-electron chi connectivity index (χ1n) is 17.3. The molecule has 0 saturated heterocycles. The van der Waals surface area contributed by atoms with Crippen LogP contribution >= 0.6 is 0 Å². The van der Waals surface area contributed by atoms with Crippen LogP contribution in [0.4, 0.5) is 9.59 Å². The summed E-state index contributed by atoms with van der Waals surface area (Å²) in [5, 5.41) is 4.90. The van der Waals surface area contributed by atoms with Crippen LogP contribution in [-0.4, -0.2) is 94.1 Å². The van der Waals surface area contributed by atoms with E-state index < -0.39 is 12.2 Å². The first-order chi connectivity index (χ1) is 25.1. The van der Waals surface area contributed by atoms with Gasteiger partial charge in [-0.05, 0) is 66.6 Å². The van der Waals surface area contributed by atoms with Gasteiger partial charge in [0.2, 0.25) is 11.8 Å². The molecule has 1 aliphatic carbocycles. The van der Waals surface area contributed by atoms with Gasteiger partial charge in [0.1, 0.15) is 24.7 Å². The third kappa shape index (κ3) is 8.50. The van der Waals surface area contributed by atoms with Crippen molar-refractivity contribution in [3.8, 4) is 33.6 Å². The summed E-state index contributed by atoms with van der Waals surface area (Å²) in [5.41, 5.74) is 10.5. The van der Waals surface area contributed by atoms with E-state index in [4.69, 9.17) is 0 Å². The molecule has 0 atom stereocenters. The van der Waals surface area contributed by atoms with Crippen LogP contribution in [0.3, 0.4) is 0 Å². The summed E-state index contributed by atoms with van der Waals surface area (Å²) in [7, 11) is 2.51. The van der Waals surface area contributed by atoms with Gasteiger partial charge in [0.25, 0.3) is 0 Å². The Morgan fingerprint density at radius 1 is 0.673 bits per heavy atom. The van der Waals surface area contributed by atoms with Crippen molar-refractivity contribution in [1.82, 2.24) is 40.4 Å². The van der Waals surface area contributed by atoms with E-state index in [1.807, 2.05) is 13.8 Å². The SMILES string of the molecule is CCCN(Cc1ncc(-c2ccc3c(c2)C(=C(C)C)c2cc(-c4cnc(CN(CCC)C(=O)CNC(=O)OC)[nH]4)ccc2-3)[nH]1)C(=O)CNC(=O)OC. The number of ether oxygens (including phenoxy) is 2. The van der Waals surface area contributed by atoms with Gasteiger partial charge in [-0.15, -0.1) is 0 Å². The Balaban J connectivity index is 1.34. The molecule has 1 aliphatic rings. The second-order valence-electron chi connectivity index (χ2n) is 12.7. The Morgan fingerprint density at radius 2 is 1.10 bits per heavy atom. The van der Waals surface area contributed by atoms with Crippen LogP contribution in [-0.2, 0) is 32.2 Å². The van der Waals surface area contributed by atoms with Crippen molar-refractivity contribution >= 4 is 29.6 Å². The third-order valence-electron chi connectivity index (χ3n) is 8.76. The molecule has 274 valence electrons. The fraction of sp³-hybridized carbons (Fsp3) is 0.368. The highest BCUT2D eigenvalue weighted by atomic mass is 16.5. The molecule has 4 N–H and O–H groups in total. The first kappa shape index (κ1) is 37.3. The summed E-state index contributed by atoms with van der Waals surface area (Å²) in [5.74, 6) is 0.838. The molecule has 0 radical (unpaired) electrons. The van der Waals surface area contributed by atoms with Gasteiger partial charge in [0.15, 0.2) is 0 Å². The molecule has 2 heterocycles. The smallest absolute Gasteiger partial charge is 0.407 e. The predicted octanol–water partition coefficient (Wildman–Crippen LogP) is 5.48. The number of aromatic amines is 2. The second kappa shape index (κ2) is 16.9. The van der Waals surface area contributed by atoms with Crippen LogP contribution in [0.15, 0.2) is 54.4 Å². The van der Waals surface area contributed by atoms with E-state index in [-0.39, 0.29) is 38.0 Å². The Labute approximate surface area is 303 Å². The topological polar surface area (TPSA) is 175 Å². The molecular formula is C38H46N8O6. The summed E-state index contributed by atoms with van der Waals surface area (Å²) >= 11 is 0. The van der Waals surface area contributed by atoms with Crippen LogP contribution in [0.1, 0.15) is 63.3 Å². The highest BCUT2D eigenvalue weighted by Gasteiger charge is 2.26. The van der Waals surface area contributed by atoms with E-state index in [1.165, 1.54) is 19.8 Å². The van der Waals surface area contributed by atoms with Crippen molar-refractivity contribution < 1.29 is 28.7 Å². The van der Waals surface area contributed by atoms with Crippen molar-refractivity contribution in [1.29, 1.82) is 0 Å². The van der Waals surface area contributed by atoms with Crippen LogP contribution in [0.5, 0.6) is 0 Å². The van der Waals surface area contributed by atoms with E-state index in [0.29, 0.717) is 24.7 Å². The van der Waals surface area contributed by atoms with Gasteiger partial charge in [-0.25, -0.2) is 19.6 Å². The minimum atomic E-state index is -0.654. The van der Waals surface area contributed by atoms with E-state index in [0.717, 1.165) is 63.2 Å². The Kier molecular flexibility index (Phi) is 12.1. The number of hydrogen-bond acceptors (Lipinski definition) is 8. The van der Waals surface area contributed by atoms with Gasteiger partial charge in [0, 0.05) is 24.2 Å². The van der Waals surface area contributed by atoms with Crippen LogP contribution in [0, 0.1) is 0 Å². The second-order valence-corrected chi connectivity index (χ2v) is 12.7. The molecule has 0 spiro atoms. The maximum atomic E-state index is 12.8. The van der Waals surface area contributed by atoms with Gasteiger partial charge in [-0.1, -0.05) is 43.7 Å². The first-order valence-corrected chi connectivity index (χ1v) is 17.3. The quantitative estimate of drug-likeness (QED) is 0.117. The highest BCUT2D eigenvalue weighted by molar-refractivity contribution is 6.04. The zero-order valence-electron chi connectivity index (χ0n) is 30.5. The lowest BCUT2D eigenvalue weighted by atomic mass is 9.96. The van der Waals surface area contributed by atoms with Gasteiger partial charge in [-0.2, -0.15) is 0 Å². The van der Waals surface area contributed by atoms with Gasteiger partial charge in [-0.3, -0.25) is 9.59 Å². The summed E-state index contributed by atoms with van der Waals surface area (Å²) in [6, 6.07) is 12.8. The third-order valence-corrected chi connectivity index (χ3v) is 8.76. The van der Waals surface area contributed by atoms with Crippen LogP contribution in [0.2, 0.25) is 0 Å². The van der Waals surface area contributed by atoms with Crippen molar-refractivity contribution in [2.75, 3.05) is 40.4 Å². The minimum absolute atomic E-state index is 0.156. The molecule has 4 amide bonds. The summed E-state index contributed by atoms with van der Waals surface area (Å²) in [6.07, 6.45) is 3.77. The number of nitrogens with zero attached hydrogens (tertiary/aromatic N) is 4. The zero-order chi connectivity index (χ0) is 37.4. The van der Waals surface area contributed by atoms with Crippen molar-refractivity contribution in [2.45, 2.75) is 53.6 Å². The number of aromatic nitrogens is 4. The monoisotopic (exact) mass is 710 g/mol. The van der Waals surface area contributed by atoms with Crippen LogP contribution in [0.25, 0.3) is 39.2 Å². The van der Waals surface area contributed by atoms with E-state index in [2.05, 4.69) is 90.3 Å². The zero-order valence-corrected chi connectivity index (χ0v) is 30.5. The number of alkyl carbamates (subject to hydrolysis) is 2.